The Labute approximate surface area is 102 Å². The third-order valence-electron chi connectivity index (χ3n) is 0.813. The zero-order chi connectivity index (χ0) is 11.7. The molecule has 0 aliphatic rings. The van der Waals surface area contributed by atoms with Crippen molar-refractivity contribution in [1.82, 2.24) is 0 Å². The van der Waals surface area contributed by atoms with E-state index in [0.717, 1.165) is 12.2 Å². The first kappa shape index (κ1) is 19.6. The maximum atomic E-state index is 9.98. The Morgan fingerprint density at radius 2 is 1.00 bits per heavy atom. The van der Waals surface area contributed by atoms with Crippen molar-refractivity contribution in [3.05, 3.63) is 23.7 Å². The number of rotatable bonds is 2. The summed E-state index contributed by atoms with van der Waals surface area (Å²) in [6, 6.07) is 0. The van der Waals surface area contributed by atoms with E-state index in [1.54, 1.807) is 0 Å². The summed E-state index contributed by atoms with van der Waals surface area (Å²) in [4.78, 5) is 20.0. The summed E-state index contributed by atoms with van der Waals surface area (Å²) in [7, 11) is 0. The van der Waals surface area contributed by atoms with Gasteiger partial charge in [0.25, 0.3) is 0 Å². The fraction of sp³-hybridized carbons (Fsp3) is 0.400. The largest absolute Gasteiger partial charge is 2.00 e. The Hall–Kier alpha value is -0.957. The van der Waals surface area contributed by atoms with Crippen LogP contribution in [0.4, 0.5) is 0 Å². The Balaban J connectivity index is -0.000000180. The normalized spacial score (nSPS) is 10.7. The van der Waals surface area contributed by atoms with Gasteiger partial charge in [0.1, 0.15) is 0 Å². The van der Waals surface area contributed by atoms with E-state index in [2.05, 4.69) is 0 Å². The average Bonchev–Trinajstić information content (AvgIpc) is 1.79. The summed E-state index contributed by atoms with van der Waals surface area (Å²) in [5.41, 5.74) is 0. The molecule has 0 aliphatic heterocycles. The van der Waals surface area contributed by atoms with Crippen LogP contribution in [0.2, 0.25) is 0 Å². The summed E-state index contributed by atoms with van der Waals surface area (Å²) in [6.45, 7) is 5.39. The van der Waals surface area contributed by atoms with Crippen LogP contribution in [-0.2, 0) is 29.1 Å². The van der Waals surface area contributed by atoms with Crippen molar-refractivity contribution >= 4 is 11.6 Å². The molecule has 4 nitrogen and oxygen atoms in total. The van der Waals surface area contributed by atoms with E-state index in [-0.39, 0.29) is 42.6 Å². The predicted octanol–water partition coefficient (Wildman–Crippen LogP) is -0.324. The maximum Gasteiger partial charge on any atom is 2.00 e. The van der Waals surface area contributed by atoms with Gasteiger partial charge in [0.05, 0.1) is 0 Å². The molecule has 0 radical (unpaired) electrons. The molecule has 0 aromatic rings. The first-order valence-electron chi connectivity index (χ1n) is 3.97. The van der Waals surface area contributed by atoms with Crippen LogP contribution in [-0.4, -0.2) is 11.6 Å². The molecule has 0 aromatic carbocycles. The molecule has 0 bridgehead atoms. The first-order valence-corrected chi connectivity index (χ1v) is 3.97. The maximum absolute atomic E-state index is 9.98. The quantitative estimate of drug-likeness (QED) is 0.388. The minimum Gasteiger partial charge on any atom is -0.876 e. The zero-order valence-corrected chi connectivity index (χ0v) is 12.5. The number of hydrogen-bond donors (Lipinski definition) is 0. The second kappa shape index (κ2) is 11.1. The summed E-state index contributed by atoms with van der Waals surface area (Å²) in [6.07, 6.45) is 2.11. The summed E-state index contributed by atoms with van der Waals surface area (Å²) >= 11 is 0. The summed E-state index contributed by atoms with van der Waals surface area (Å²) in [5.74, 6) is -0.750. The molecule has 0 unspecified atom stereocenters. The fourth-order valence-corrected chi connectivity index (χ4v) is 0.572. The number of ketones is 2. The molecule has 0 saturated heterocycles. The van der Waals surface area contributed by atoms with Gasteiger partial charge in [-0.2, -0.15) is 0 Å². The van der Waals surface area contributed by atoms with E-state index >= 15 is 0 Å². The van der Waals surface area contributed by atoms with E-state index in [4.69, 9.17) is 0 Å². The van der Waals surface area contributed by atoms with Gasteiger partial charge in [-0.05, 0) is 26.0 Å². The molecule has 0 rings (SSSR count). The Morgan fingerprint density at radius 3 is 1.00 bits per heavy atom. The number of carbonyl (C=O) groups is 2. The van der Waals surface area contributed by atoms with Crippen LogP contribution >= 0.6 is 0 Å². The second-order valence-electron chi connectivity index (χ2n) is 2.73. The van der Waals surface area contributed by atoms with Gasteiger partial charge in [-0.3, -0.25) is 9.59 Å². The van der Waals surface area contributed by atoms with Crippen LogP contribution in [0.5, 0.6) is 0 Å². The van der Waals surface area contributed by atoms with Crippen molar-refractivity contribution in [1.29, 1.82) is 0 Å². The molecule has 0 aromatic heterocycles. The average molecular weight is 264 g/mol. The predicted molar refractivity (Wildman–Crippen MR) is 48.9 cm³/mol. The standard InChI is InChI=1S/2C5H8O2.Zn/c2*1-4(6)3-5(2)7;/h2*3,6H,1-2H3;/q;;+2/p-2/b2*4-3-;. The van der Waals surface area contributed by atoms with Crippen molar-refractivity contribution < 1.29 is 39.3 Å². The molecule has 0 amide bonds. The Kier molecular flexibility index (Phi) is 14.5. The number of hydrogen-bond acceptors (Lipinski definition) is 4. The molecule has 0 fully saturated rings. The molecule has 0 saturated carbocycles. The molecular formula is C10H14O4Zn. The molecule has 0 N–H and O–H groups in total. The van der Waals surface area contributed by atoms with Crippen LogP contribution in [0.3, 0.4) is 0 Å². The van der Waals surface area contributed by atoms with Crippen LogP contribution in [0.1, 0.15) is 27.7 Å². The van der Waals surface area contributed by atoms with Gasteiger partial charge in [-0.25, -0.2) is 0 Å². The summed E-state index contributed by atoms with van der Waals surface area (Å²) < 4.78 is 0. The molecule has 0 aliphatic carbocycles. The molecule has 80 valence electrons. The van der Waals surface area contributed by atoms with E-state index in [1.165, 1.54) is 27.7 Å². The topological polar surface area (TPSA) is 80.3 Å². The van der Waals surface area contributed by atoms with E-state index in [9.17, 15) is 19.8 Å². The zero-order valence-electron chi connectivity index (χ0n) is 9.49. The van der Waals surface area contributed by atoms with E-state index in [0.29, 0.717) is 0 Å². The van der Waals surface area contributed by atoms with Crippen LogP contribution < -0.4 is 10.2 Å². The van der Waals surface area contributed by atoms with Gasteiger partial charge < -0.3 is 10.2 Å². The fourth-order valence-electron chi connectivity index (χ4n) is 0.572. The molecular weight excluding hydrogens is 249 g/mol. The second-order valence-corrected chi connectivity index (χ2v) is 2.73. The number of carbonyl (C=O) groups excluding carboxylic acids is 2. The van der Waals surface area contributed by atoms with Crippen molar-refractivity contribution in [2.24, 2.45) is 0 Å². The van der Waals surface area contributed by atoms with Gasteiger partial charge in [0.2, 0.25) is 0 Å². The van der Waals surface area contributed by atoms with Gasteiger partial charge in [0, 0.05) is 0 Å². The molecule has 15 heavy (non-hydrogen) atoms. The van der Waals surface area contributed by atoms with E-state index in [1.807, 2.05) is 0 Å². The van der Waals surface area contributed by atoms with Crippen LogP contribution in [0, 0.1) is 0 Å². The first-order chi connectivity index (χ1) is 6.25. The van der Waals surface area contributed by atoms with E-state index < -0.39 is 0 Å². The van der Waals surface area contributed by atoms with Crippen molar-refractivity contribution in [2.45, 2.75) is 27.7 Å². The van der Waals surface area contributed by atoms with Gasteiger partial charge in [-0.1, -0.05) is 13.8 Å². The smallest absolute Gasteiger partial charge is 0.876 e. The molecule has 0 spiro atoms. The third kappa shape index (κ3) is 32.1. The molecule has 0 atom stereocenters. The van der Waals surface area contributed by atoms with Gasteiger partial charge >= 0.3 is 19.5 Å². The minimum absolute atomic E-state index is 0. The minimum atomic E-state index is -0.187. The van der Waals surface area contributed by atoms with Crippen molar-refractivity contribution in [2.75, 3.05) is 0 Å². The Bertz CT molecular complexity index is 231. The monoisotopic (exact) mass is 262 g/mol. The van der Waals surface area contributed by atoms with Crippen molar-refractivity contribution in [3.8, 4) is 0 Å². The molecule has 0 heterocycles. The van der Waals surface area contributed by atoms with Gasteiger partial charge in [0.15, 0.2) is 11.6 Å². The van der Waals surface area contributed by atoms with Gasteiger partial charge in [-0.15, -0.1) is 11.5 Å². The summed E-state index contributed by atoms with van der Waals surface area (Å²) in [5, 5.41) is 20.0. The van der Waals surface area contributed by atoms with Crippen LogP contribution in [0.25, 0.3) is 0 Å². The third-order valence-corrected chi connectivity index (χ3v) is 0.813. The van der Waals surface area contributed by atoms with Crippen LogP contribution in [0.15, 0.2) is 23.7 Å². The van der Waals surface area contributed by atoms with Crippen molar-refractivity contribution in [3.63, 3.8) is 0 Å². The SMILES string of the molecule is CC(=O)/C=C(/C)[O-].CC(=O)/C=C(/C)[O-].[Zn+2]. The number of allylic oxidation sites excluding steroid dienone is 4. The Morgan fingerprint density at radius 1 is 0.800 bits per heavy atom. The molecule has 5 heteroatoms.